The summed E-state index contributed by atoms with van der Waals surface area (Å²) in [6.45, 7) is 0.182. The van der Waals surface area contributed by atoms with Crippen molar-refractivity contribution in [1.29, 1.82) is 5.26 Å². The summed E-state index contributed by atoms with van der Waals surface area (Å²) in [5, 5.41) is 8.76. The monoisotopic (exact) mass is 293 g/mol. The SMILES string of the molecule is Cc1cc(Br)cc(C#N)c1OCC(F)(F)F. The van der Waals surface area contributed by atoms with E-state index in [4.69, 9.17) is 5.26 Å². The highest BCUT2D eigenvalue weighted by molar-refractivity contribution is 9.10. The molecule has 0 aromatic heterocycles. The molecule has 0 radical (unpaired) electrons. The zero-order valence-corrected chi connectivity index (χ0v) is 9.82. The molecule has 0 heterocycles. The van der Waals surface area contributed by atoms with Crippen molar-refractivity contribution in [2.24, 2.45) is 0 Å². The lowest BCUT2D eigenvalue weighted by atomic mass is 10.1. The summed E-state index contributed by atoms with van der Waals surface area (Å²) in [5.74, 6) is -0.0250. The molecule has 86 valence electrons. The summed E-state index contributed by atoms with van der Waals surface area (Å²) >= 11 is 3.15. The highest BCUT2D eigenvalue weighted by Gasteiger charge is 2.29. The molecule has 2 nitrogen and oxygen atoms in total. The van der Waals surface area contributed by atoms with Gasteiger partial charge >= 0.3 is 6.18 Å². The Kier molecular flexibility index (Phi) is 3.81. The smallest absolute Gasteiger partial charge is 0.422 e. The lowest BCUT2D eigenvalue weighted by Crippen LogP contribution is -2.20. The fourth-order valence-corrected chi connectivity index (χ4v) is 1.73. The quantitative estimate of drug-likeness (QED) is 0.835. The van der Waals surface area contributed by atoms with Crippen LogP contribution in [0.1, 0.15) is 11.1 Å². The maximum atomic E-state index is 12.0. The van der Waals surface area contributed by atoms with Crippen LogP contribution < -0.4 is 4.74 Å². The Morgan fingerprint density at radius 2 is 2.06 bits per heavy atom. The van der Waals surface area contributed by atoms with Crippen molar-refractivity contribution < 1.29 is 17.9 Å². The fourth-order valence-electron chi connectivity index (χ4n) is 1.16. The minimum Gasteiger partial charge on any atom is -0.482 e. The van der Waals surface area contributed by atoms with Gasteiger partial charge in [-0.25, -0.2) is 0 Å². The molecule has 0 bridgehead atoms. The summed E-state index contributed by atoms with van der Waals surface area (Å²) in [5.41, 5.74) is 0.561. The Labute approximate surface area is 98.8 Å². The Bertz CT molecular complexity index is 437. The number of halogens is 4. The molecular weight excluding hydrogens is 287 g/mol. The maximum Gasteiger partial charge on any atom is 0.422 e. The van der Waals surface area contributed by atoms with Crippen LogP contribution in [0.15, 0.2) is 16.6 Å². The van der Waals surface area contributed by atoms with Crippen molar-refractivity contribution in [2.75, 3.05) is 6.61 Å². The molecule has 1 rings (SSSR count). The van der Waals surface area contributed by atoms with E-state index < -0.39 is 12.8 Å². The summed E-state index contributed by atoms with van der Waals surface area (Å²) in [6.07, 6.45) is -4.41. The standard InChI is InChI=1S/C10H7BrF3NO/c1-6-2-8(11)3-7(4-15)9(6)16-5-10(12,13)14/h2-3H,5H2,1H3. The van der Waals surface area contributed by atoms with Gasteiger partial charge in [-0.15, -0.1) is 0 Å². The van der Waals surface area contributed by atoms with Crippen molar-refractivity contribution in [3.63, 3.8) is 0 Å². The summed E-state index contributed by atoms with van der Waals surface area (Å²) < 4.78 is 41.1. The Hall–Kier alpha value is -1.22. The molecule has 0 fully saturated rings. The van der Waals surface area contributed by atoms with Crippen LogP contribution in [0, 0.1) is 18.3 Å². The van der Waals surface area contributed by atoms with Gasteiger partial charge in [-0.3, -0.25) is 0 Å². The fraction of sp³-hybridized carbons (Fsp3) is 0.300. The highest BCUT2D eigenvalue weighted by atomic mass is 79.9. The van der Waals surface area contributed by atoms with Gasteiger partial charge in [-0.2, -0.15) is 18.4 Å². The number of alkyl halides is 3. The van der Waals surface area contributed by atoms with Gasteiger partial charge in [0.2, 0.25) is 0 Å². The molecule has 0 aliphatic rings. The first-order valence-electron chi connectivity index (χ1n) is 4.23. The molecule has 0 saturated heterocycles. The number of ether oxygens (including phenoxy) is 1. The van der Waals surface area contributed by atoms with Gasteiger partial charge in [0.25, 0.3) is 0 Å². The van der Waals surface area contributed by atoms with Crippen molar-refractivity contribution >= 4 is 15.9 Å². The van der Waals surface area contributed by atoms with Crippen molar-refractivity contribution in [3.05, 3.63) is 27.7 Å². The molecule has 16 heavy (non-hydrogen) atoms. The molecule has 0 saturated carbocycles. The van der Waals surface area contributed by atoms with Gasteiger partial charge in [-0.1, -0.05) is 15.9 Å². The molecule has 0 atom stereocenters. The van der Waals surface area contributed by atoms with E-state index in [9.17, 15) is 13.2 Å². The van der Waals surface area contributed by atoms with Crippen LogP contribution in [0.5, 0.6) is 5.75 Å². The molecule has 1 aromatic carbocycles. The summed E-state index contributed by atoms with van der Waals surface area (Å²) in [6, 6.07) is 4.80. The normalized spacial score (nSPS) is 11.0. The van der Waals surface area contributed by atoms with E-state index in [1.807, 2.05) is 0 Å². The predicted octanol–water partition coefficient (Wildman–Crippen LogP) is 3.57. The molecule has 0 aliphatic carbocycles. The Balaban J connectivity index is 3.00. The third-order valence-electron chi connectivity index (χ3n) is 1.74. The van der Waals surface area contributed by atoms with E-state index in [2.05, 4.69) is 20.7 Å². The van der Waals surface area contributed by atoms with Crippen LogP contribution in [-0.2, 0) is 0 Å². The van der Waals surface area contributed by atoms with Crippen molar-refractivity contribution in [1.82, 2.24) is 0 Å². The van der Waals surface area contributed by atoms with E-state index >= 15 is 0 Å². The molecule has 0 amide bonds. The van der Waals surface area contributed by atoms with Crippen LogP contribution in [0.25, 0.3) is 0 Å². The van der Waals surface area contributed by atoms with E-state index in [1.54, 1.807) is 19.1 Å². The number of nitriles is 1. The van der Waals surface area contributed by atoms with Crippen LogP contribution in [0.4, 0.5) is 13.2 Å². The number of benzene rings is 1. The Morgan fingerprint density at radius 1 is 1.44 bits per heavy atom. The number of hydrogen-bond donors (Lipinski definition) is 0. The van der Waals surface area contributed by atoms with Gasteiger partial charge in [-0.05, 0) is 24.6 Å². The minimum atomic E-state index is -4.41. The van der Waals surface area contributed by atoms with E-state index in [0.717, 1.165) is 0 Å². The van der Waals surface area contributed by atoms with E-state index in [0.29, 0.717) is 10.0 Å². The van der Waals surface area contributed by atoms with Gasteiger partial charge in [0.1, 0.15) is 11.8 Å². The highest BCUT2D eigenvalue weighted by Crippen LogP contribution is 2.29. The molecule has 0 unspecified atom stereocenters. The summed E-state index contributed by atoms with van der Waals surface area (Å²) in [4.78, 5) is 0. The van der Waals surface area contributed by atoms with Crippen molar-refractivity contribution in [2.45, 2.75) is 13.1 Å². The van der Waals surface area contributed by atoms with Crippen LogP contribution in [-0.4, -0.2) is 12.8 Å². The largest absolute Gasteiger partial charge is 0.482 e. The second-order valence-electron chi connectivity index (χ2n) is 3.12. The second kappa shape index (κ2) is 4.74. The number of rotatable bonds is 2. The van der Waals surface area contributed by atoms with Gasteiger partial charge in [0.15, 0.2) is 6.61 Å². The predicted molar refractivity (Wildman–Crippen MR) is 55.1 cm³/mol. The molecule has 0 spiro atoms. The lowest BCUT2D eigenvalue weighted by molar-refractivity contribution is -0.153. The van der Waals surface area contributed by atoms with Gasteiger partial charge in [0.05, 0.1) is 5.56 Å². The second-order valence-corrected chi connectivity index (χ2v) is 4.03. The number of aryl methyl sites for hydroxylation is 1. The van der Waals surface area contributed by atoms with Crippen LogP contribution >= 0.6 is 15.9 Å². The topological polar surface area (TPSA) is 33.0 Å². The lowest BCUT2D eigenvalue weighted by Gasteiger charge is -2.12. The van der Waals surface area contributed by atoms with Crippen LogP contribution in [0.3, 0.4) is 0 Å². The summed E-state index contributed by atoms with van der Waals surface area (Å²) in [7, 11) is 0. The number of hydrogen-bond acceptors (Lipinski definition) is 2. The third kappa shape index (κ3) is 3.42. The zero-order chi connectivity index (χ0) is 12.3. The van der Waals surface area contributed by atoms with E-state index in [-0.39, 0.29) is 11.3 Å². The number of nitrogens with zero attached hydrogens (tertiary/aromatic N) is 1. The molecular formula is C10H7BrF3NO. The first kappa shape index (κ1) is 12.8. The van der Waals surface area contributed by atoms with Gasteiger partial charge in [0, 0.05) is 4.47 Å². The average Bonchev–Trinajstić information content (AvgIpc) is 2.13. The molecule has 0 N–H and O–H groups in total. The first-order valence-corrected chi connectivity index (χ1v) is 5.02. The minimum absolute atomic E-state index is 0.0250. The van der Waals surface area contributed by atoms with E-state index in [1.165, 1.54) is 6.07 Å². The van der Waals surface area contributed by atoms with Crippen LogP contribution in [0.2, 0.25) is 0 Å². The molecule has 0 aliphatic heterocycles. The molecule has 6 heteroatoms. The Morgan fingerprint density at radius 3 is 2.56 bits per heavy atom. The zero-order valence-electron chi connectivity index (χ0n) is 8.23. The average molecular weight is 294 g/mol. The molecule has 1 aromatic rings. The third-order valence-corrected chi connectivity index (χ3v) is 2.20. The van der Waals surface area contributed by atoms with Crippen molar-refractivity contribution in [3.8, 4) is 11.8 Å². The maximum absolute atomic E-state index is 12.0. The van der Waals surface area contributed by atoms with Gasteiger partial charge < -0.3 is 4.74 Å². The first-order chi connectivity index (χ1) is 7.33.